The first kappa shape index (κ1) is 22.2. The smallest absolute Gasteiger partial charge is 0.257 e. The van der Waals surface area contributed by atoms with E-state index in [1.165, 1.54) is 6.07 Å². The van der Waals surface area contributed by atoms with Gasteiger partial charge < -0.3 is 15.4 Å². The molecule has 0 radical (unpaired) electrons. The van der Waals surface area contributed by atoms with E-state index in [2.05, 4.69) is 0 Å². The predicted molar refractivity (Wildman–Crippen MR) is 112 cm³/mol. The average Bonchev–Trinajstić information content (AvgIpc) is 3.11. The summed E-state index contributed by atoms with van der Waals surface area (Å²) >= 11 is 0. The fourth-order valence-electron chi connectivity index (χ4n) is 3.63. The summed E-state index contributed by atoms with van der Waals surface area (Å²) in [5.41, 5.74) is 8.93. The SMILES string of the molecule is Cc1ccc(OCCN)c(C(=O)N2CCC(Cc3ccc(F)c(C)c3)C2)c1.Cl. The Kier molecular flexibility index (Phi) is 7.84. The van der Waals surface area contributed by atoms with Gasteiger partial charge in [-0.1, -0.05) is 23.8 Å². The Morgan fingerprint density at radius 3 is 2.75 bits per heavy atom. The highest BCUT2D eigenvalue weighted by molar-refractivity contribution is 5.97. The minimum absolute atomic E-state index is 0. The van der Waals surface area contributed by atoms with Crippen molar-refractivity contribution in [2.45, 2.75) is 26.7 Å². The van der Waals surface area contributed by atoms with Crippen LogP contribution in [0.2, 0.25) is 0 Å². The van der Waals surface area contributed by atoms with Gasteiger partial charge in [0.2, 0.25) is 0 Å². The summed E-state index contributed by atoms with van der Waals surface area (Å²) < 4.78 is 19.1. The maximum Gasteiger partial charge on any atom is 0.257 e. The van der Waals surface area contributed by atoms with Crippen LogP contribution >= 0.6 is 12.4 Å². The number of aryl methyl sites for hydroxylation is 2. The molecule has 2 aromatic carbocycles. The Morgan fingerprint density at radius 1 is 1.25 bits per heavy atom. The van der Waals surface area contributed by atoms with Crippen molar-refractivity contribution in [1.82, 2.24) is 4.90 Å². The number of nitrogens with zero attached hydrogens (tertiary/aromatic N) is 1. The molecule has 1 aliphatic heterocycles. The number of hydrogen-bond acceptors (Lipinski definition) is 3. The third-order valence-corrected chi connectivity index (χ3v) is 5.06. The van der Waals surface area contributed by atoms with Crippen LogP contribution in [-0.4, -0.2) is 37.0 Å². The Morgan fingerprint density at radius 2 is 2.04 bits per heavy atom. The molecular weight excluding hydrogens is 379 g/mol. The van der Waals surface area contributed by atoms with E-state index in [1.54, 1.807) is 6.92 Å². The van der Waals surface area contributed by atoms with Crippen LogP contribution in [0.1, 0.15) is 33.5 Å². The van der Waals surface area contributed by atoms with Crippen LogP contribution < -0.4 is 10.5 Å². The van der Waals surface area contributed by atoms with Gasteiger partial charge in [0.25, 0.3) is 5.91 Å². The quantitative estimate of drug-likeness (QED) is 0.791. The molecule has 0 aliphatic carbocycles. The molecule has 2 N–H and O–H groups in total. The molecule has 28 heavy (non-hydrogen) atoms. The second-order valence-corrected chi connectivity index (χ2v) is 7.33. The highest BCUT2D eigenvalue weighted by atomic mass is 35.5. The molecular formula is C22H28ClFN2O2. The standard InChI is InChI=1S/C22H27FN2O2.ClH/c1-15-3-6-21(27-10-8-24)19(11-15)22(26)25-9-7-18(14-25)13-17-4-5-20(23)16(2)12-17;/h3-6,11-12,18H,7-10,13-14,24H2,1-2H3;1H. The number of benzene rings is 2. The summed E-state index contributed by atoms with van der Waals surface area (Å²) in [7, 11) is 0. The van der Waals surface area contributed by atoms with Crippen molar-refractivity contribution in [2.24, 2.45) is 11.7 Å². The Bertz CT molecular complexity index is 828. The van der Waals surface area contributed by atoms with Gasteiger partial charge in [0.05, 0.1) is 5.56 Å². The Balaban J connectivity index is 0.00000280. The number of halogens is 2. The molecule has 4 nitrogen and oxygen atoms in total. The molecule has 0 saturated carbocycles. The second-order valence-electron chi connectivity index (χ2n) is 7.33. The monoisotopic (exact) mass is 406 g/mol. The molecule has 0 aromatic heterocycles. The van der Waals surface area contributed by atoms with Gasteiger partial charge in [-0.25, -0.2) is 4.39 Å². The van der Waals surface area contributed by atoms with E-state index in [0.717, 1.165) is 30.5 Å². The Hall–Kier alpha value is -2.11. The lowest BCUT2D eigenvalue weighted by atomic mass is 9.97. The van der Waals surface area contributed by atoms with Crippen LogP contribution in [0.15, 0.2) is 36.4 Å². The van der Waals surface area contributed by atoms with Crippen LogP contribution in [0.25, 0.3) is 0 Å². The predicted octanol–water partition coefficient (Wildman–Crippen LogP) is 3.91. The van der Waals surface area contributed by atoms with Crippen molar-refractivity contribution in [3.05, 3.63) is 64.5 Å². The van der Waals surface area contributed by atoms with Crippen LogP contribution in [0, 0.1) is 25.6 Å². The van der Waals surface area contributed by atoms with Crippen LogP contribution in [-0.2, 0) is 6.42 Å². The van der Waals surface area contributed by atoms with Gasteiger partial charge in [-0.15, -0.1) is 12.4 Å². The summed E-state index contributed by atoms with van der Waals surface area (Å²) in [5, 5.41) is 0. The van der Waals surface area contributed by atoms with E-state index in [-0.39, 0.29) is 24.1 Å². The number of likely N-dealkylation sites (tertiary alicyclic amines) is 1. The lowest BCUT2D eigenvalue weighted by Gasteiger charge is -2.19. The average molecular weight is 407 g/mol. The lowest BCUT2D eigenvalue weighted by molar-refractivity contribution is 0.0782. The molecule has 1 saturated heterocycles. The number of amides is 1. The highest BCUT2D eigenvalue weighted by Gasteiger charge is 2.28. The van der Waals surface area contributed by atoms with Crippen molar-refractivity contribution in [1.29, 1.82) is 0 Å². The number of rotatable bonds is 6. The highest BCUT2D eigenvalue weighted by Crippen LogP contribution is 2.27. The van der Waals surface area contributed by atoms with E-state index >= 15 is 0 Å². The number of ether oxygens (including phenoxy) is 1. The largest absolute Gasteiger partial charge is 0.491 e. The first-order chi connectivity index (χ1) is 13.0. The van der Waals surface area contributed by atoms with E-state index in [0.29, 0.717) is 42.5 Å². The minimum Gasteiger partial charge on any atom is -0.491 e. The molecule has 1 heterocycles. The molecule has 0 spiro atoms. The molecule has 152 valence electrons. The van der Waals surface area contributed by atoms with E-state index < -0.39 is 0 Å². The summed E-state index contributed by atoms with van der Waals surface area (Å²) in [6.07, 6.45) is 1.81. The van der Waals surface area contributed by atoms with Gasteiger partial charge in [0, 0.05) is 19.6 Å². The maximum absolute atomic E-state index is 13.5. The van der Waals surface area contributed by atoms with Crippen LogP contribution in [0.5, 0.6) is 5.75 Å². The zero-order valence-corrected chi connectivity index (χ0v) is 17.2. The van der Waals surface area contributed by atoms with E-state index in [1.807, 2.05) is 42.2 Å². The number of carbonyl (C=O) groups excluding carboxylic acids is 1. The molecule has 3 rings (SSSR count). The summed E-state index contributed by atoms with van der Waals surface area (Å²) in [4.78, 5) is 14.9. The third-order valence-electron chi connectivity index (χ3n) is 5.06. The normalized spacial score (nSPS) is 16.0. The number of hydrogen-bond donors (Lipinski definition) is 1. The number of nitrogens with two attached hydrogens (primary N) is 1. The molecule has 0 bridgehead atoms. The zero-order valence-electron chi connectivity index (χ0n) is 16.4. The van der Waals surface area contributed by atoms with Crippen LogP contribution in [0.3, 0.4) is 0 Å². The van der Waals surface area contributed by atoms with Gasteiger partial charge in [-0.2, -0.15) is 0 Å². The number of carbonyl (C=O) groups is 1. The molecule has 1 fully saturated rings. The van der Waals surface area contributed by atoms with Gasteiger partial charge in [-0.05, 0) is 61.9 Å². The van der Waals surface area contributed by atoms with Gasteiger partial charge >= 0.3 is 0 Å². The van der Waals surface area contributed by atoms with Gasteiger partial charge in [0.1, 0.15) is 18.2 Å². The van der Waals surface area contributed by atoms with Crippen molar-refractivity contribution in [2.75, 3.05) is 26.2 Å². The zero-order chi connectivity index (χ0) is 19.4. The fraction of sp³-hybridized carbons (Fsp3) is 0.409. The summed E-state index contributed by atoms with van der Waals surface area (Å²) in [5.74, 6) is 0.806. The topological polar surface area (TPSA) is 55.6 Å². The second kappa shape index (κ2) is 9.89. The first-order valence-corrected chi connectivity index (χ1v) is 9.45. The van der Waals surface area contributed by atoms with Crippen molar-refractivity contribution in [3.8, 4) is 5.75 Å². The fourth-order valence-corrected chi connectivity index (χ4v) is 3.63. The summed E-state index contributed by atoms with van der Waals surface area (Å²) in [6, 6.07) is 10.9. The lowest BCUT2D eigenvalue weighted by Crippen LogP contribution is -2.29. The third kappa shape index (κ3) is 5.24. The molecule has 1 amide bonds. The first-order valence-electron chi connectivity index (χ1n) is 9.45. The van der Waals surface area contributed by atoms with Crippen LogP contribution in [0.4, 0.5) is 4.39 Å². The Labute approximate surface area is 172 Å². The molecule has 1 atom stereocenters. The molecule has 6 heteroatoms. The molecule has 1 aliphatic rings. The molecule has 1 unspecified atom stereocenters. The summed E-state index contributed by atoms with van der Waals surface area (Å²) in [6.45, 7) is 5.98. The van der Waals surface area contributed by atoms with Crippen molar-refractivity contribution < 1.29 is 13.9 Å². The van der Waals surface area contributed by atoms with Gasteiger partial charge in [-0.3, -0.25) is 4.79 Å². The van der Waals surface area contributed by atoms with Gasteiger partial charge in [0.15, 0.2) is 0 Å². The maximum atomic E-state index is 13.5. The van der Waals surface area contributed by atoms with Crippen molar-refractivity contribution >= 4 is 18.3 Å². The van der Waals surface area contributed by atoms with E-state index in [9.17, 15) is 9.18 Å². The molecule has 2 aromatic rings. The van der Waals surface area contributed by atoms with E-state index in [4.69, 9.17) is 10.5 Å². The minimum atomic E-state index is -0.175. The van der Waals surface area contributed by atoms with Crippen molar-refractivity contribution in [3.63, 3.8) is 0 Å².